The molecule has 0 aliphatic rings. The molecule has 0 radical (unpaired) electrons. The molecule has 1 heterocycles. The number of aliphatic carboxylic acids is 1. The molecule has 0 aliphatic heterocycles. The lowest BCUT2D eigenvalue weighted by molar-refractivity contribution is -0.136. The third kappa shape index (κ3) is 6.04. The first-order valence-electron chi connectivity index (χ1n) is 10.9. The van der Waals surface area contributed by atoms with Crippen molar-refractivity contribution >= 4 is 28.5 Å². The van der Waals surface area contributed by atoms with Crippen LogP contribution in [0.25, 0.3) is 11.0 Å². The number of furan rings is 1. The Morgan fingerprint density at radius 3 is 2.42 bits per heavy atom. The smallest absolute Gasteiger partial charge is 0.303 e. The number of carboxylic acid groups (broad SMARTS) is 1. The van der Waals surface area contributed by atoms with Gasteiger partial charge in [0.25, 0.3) is 0 Å². The molecule has 0 aliphatic carbocycles. The highest BCUT2D eigenvalue weighted by molar-refractivity contribution is 6.32. The number of halogens is 1. The third-order valence-electron chi connectivity index (χ3n) is 5.63. The SMILES string of the molecule is C=C(OCc1c(CC)c(Cl)cc2cc(CC)oc12)/C(C)=C(C)\C(=C/CC)CCC(=O)O. The van der Waals surface area contributed by atoms with Crippen LogP contribution in [0.3, 0.4) is 0 Å². The van der Waals surface area contributed by atoms with E-state index in [-0.39, 0.29) is 6.42 Å². The predicted molar refractivity (Wildman–Crippen MR) is 128 cm³/mol. The molecule has 0 fully saturated rings. The van der Waals surface area contributed by atoms with E-state index in [9.17, 15) is 4.79 Å². The highest BCUT2D eigenvalue weighted by atomic mass is 35.5. The van der Waals surface area contributed by atoms with E-state index < -0.39 is 5.97 Å². The lowest BCUT2D eigenvalue weighted by atomic mass is 9.96. The number of fused-ring (bicyclic) bond motifs is 1. The number of aryl methyl sites for hydroxylation is 1. The van der Waals surface area contributed by atoms with Crippen molar-refractivity contribution in [1.29, 1.82) is 0 Å². The summed E-state index contributed by atoms with van der Waals surface area (Å²) in [5, 5.41) is 10.7. The van der Waals surface area contributed by atoms with Gasteiger partial charge < -0.3 is 14.3 Å². The largest absolute Gasteiger partial charge is 0.489 e. The summed E-state index contributed by atoms with van der Waals surface area (Å²) in [5.41, 5.74) is 5.72. The molecule has 168 valence electrons. The maximum absolute atomic E-state index is 11.0. The third-order valence-corrected chi connectivity index (χ3v) is 5.97. The van der Waals surface area contributed by atoms with E-state index in [0.29, 0.717) is 23.8 Å². The molecular weight excluding hydrogens is 412 g/mol. The summed E-state index contributed by atoms with van der Waals surface area (Å²) in [7, 11) is 0. The Balaban J connectivity index is 2.31. The molecule has 0 unspecified atom stereocenters. The van der Waals surface area contributed by atoms with Crippen LogP contribution >= 0.6 is 11.6 Å². The van der Waals surface area contributed by atoms with Crippen LogP contribution in [0.15, 0.2) is 51.7 Å². The standard InChI is InChI=1S/C26H33ClO4/c1-7-10-19(11-12-25(28)29)17(5)16(4)18(6)30-15-23-22(9-3)24(27)14-20-13-21(8-2)31-26(20)23/h10,13-14H,6-9,11-12,15H2,1-5H3,(H,28,29)/b17-16-,19-10-. The Labute approximate surface area is 190 Å². The second-order valence-electron chi connectivity index (χ2n) is 7.65. The number of ether oxygens (including phenoxy) is 1. The summed E-state index contributed by atoms with van der Waals surface area (Å²) < 4.78 is 12.2. The van der Waals surface area contributed by atoms with Crippen molar-refractivity contribution in [2.24, 2.45) is 0 Å². The van der Waals surface area contributed by atoms with Crippen molar-refractivity contribution in [3.8, 4) is 0 Å². The molecule has 0 spiro atoms. The van der Waals surface area contributed by atoms with Crippen molar-refractivity contribution in [3.05, 3.63) is 69.2 Å². The molecule has 1 aromatic heterocycles. The lowest BCUT2D eigenvalue weighted by Gasteiger charge is -2.17. The van der Waals surface area contributed by atoms with Crippen molar-refractivity contribution in [2.75, 3.05) is 0 Å². The zero-order valence-corrected chi connectivity index (χ0v) is 20.0. The van der Waals surface area contributed by atoms with Gasteiger partial charge in [-0.1, -0.05) is 45.0 Å². The number of carbonyl (C=O) groups is 1. The Bertz CT molecular complexity index is 1020. The molecule has 0 bridgehead atoms. The van der Waals surface area contributed by atoms with Crippen LogP contribution in [-0.4, -0.2) is 11.1 Å². The fourth-order valence-corrected chi connectivity index (χ4v) is 4.03. The summed E-state index contributed by atoms with van der Waals surface area (Å²) in [6, 6.07) is 3.98. The number of hydrogen-bond acceptors (Lipinski definition) is 3. The summed E-state index contributed by atoms with van der Waals surface area (Å²) >= 11 is 6.54. The fraction of sp³-hybridized carbons (Fsp3) is 0.423. The minimum Gasteiger partial charge on any atom is -0.489 e. The van der Waals surface area contributed by atoms with Crippen molar-refractivity contribution in [1.82, 2.24) is 0 Å². The summed E-state index contributed by atoms with van der Waals surface area (Å²) in [6.07, 6.45) is 5.08. The molecular formula is C26H33ClO4. The monoisotopic (exact) mass is 444 g/mol. The molecule has 4 nitrogen and oxygen atoms in total. The summed E-state index contributed by atoms with van der Waals surface area (Å²) in [4.78, 5) is 11.0. The van der Waals surface area contributed by atoms with E-state index in [1.54, 1.807) is 0 Å². The van der Waals surface area contributed by atoms with Gasteiger partial charge in [0, 0.05) is 28.8 Å². The Morgan fingerprint density at radius 2 is 1.84 bits per heavy atom. The molecule has 0 saturated carbocycles. The van der Waals surface area contributed by atoms with Crippen LogP contribution in [0.2, 0.25) is 5.02 Å². The molecule has 0 amide bonds. The number of hydrogen-bond donors (Lipinski definition) is 1. The van der Waals surface area contributed by atoms with E-state index in [1.807, 2.05) is 32.9 Å². The number of rotatable bonds is 11. The Morgan fingerprint density at radius 1 is 1.13 bits per heavy atom. The van der Waals surface area contributed by atoms with Crippen molar-refractivity contribution in [3.63, 3.8) is 0 Å². The normalized spacial score (nSPS) is 12.8. The average Bonchev–Trinajstić information content (AvgIpc) is 3.15. The Hall–Kier alpha value is -2.46. The first-order chi connectivity index (χ1) is 14.7. The number of benzene rings is 1. The van der Waals surface area contributed by atoms with E-state index in [0.717, 1.165) is 63.8 Å². The highest BCUT2D eigenvalue weighted by Gasteiger charge is 2.17. The van der Waals surface area contributed by atoms with Gasteiger partial charge in [0.2, 0.25) is 0 Å². The van der Waals surface area contributed by atoms with Crippen LogP contribution in [0.4, 0.5) is 0 Å². The van der Waals surface area contributed by atoms with Gasteiger partial charge in [-0.25, -0.2) is 0 Å². The molecule has 2 rings (SSSR count). The van der Waals surface area contributed by atoms with Gasteiger partial charge in [-0.2, -0.15) is 0 Å². The quantitative estimate of drug-likeness (QED) is 0.284. The minimum atomic E-state index is -0.801. The van der Waals surface area contributed by atoms with Gasteiger partial charge >= 0.3 is 5.97 Å². The van der Waals surface area contributed by atoms with E-state index in [2.05, 4.69) is 26.5 Å². The molecule has 1 aromatic carbocycles. The number of carboxylic acids is 1. The van der Waals surface area contributed by atoms with Crippen molar-refractivity contribution < 1.29 is 19.1 Å². The summed E-state index contributed by atoms with van der Waals surface area (Å²) in [5.74, 6) is 0.677. The Kier molecular flexibility index (Phi) is 9.00. The second-order valence-corrected chi connectivity index (χ2v) is 8.05. The maximum Gasteiger partial charge on any atom is 0.303 e. The van der Waals surface area contributed by atoms with Crippen LogP contribution in [-0.2, 0) is 29.0 Å². The zero-order chi connectivity index (χ0) is 23.1. The molecule has 5 heteroatoms. The number of allylic oxidation sites excluding steroid dienone is 4. The van der Waals surface area contributed by atoms with Gasteiger partial charge in [0.1, 0.15) is 23.7 Å². The van der Waals surface area contributed by atoms with E-state index >= 15 is 0 Å². The van der Waals surface area contributed by atoms with E-state index in [1.165, 1.54) is 0 Å². The van der Waals surface area contributed by atoms with Crippen LogP contribution < -0.4 is 0 Å². The fourth-order valence-electron chi connectivity index (χ4n) is 3.66. The first kappa shape index (κ1) is 24.8. The zero-order valence-electron chi connectivity index (χ0n) is 19.2. The maximum atomic E-state index is 11.0. The van der Waals surface area contributed by atoms with E-state index in [4.69, 9.17) is 25.9 Å². The van der Waals surface area contributed by atoms with Gasteiger partial charge in [-0.05, 0) is 67.5 Å². The summed E-state index contributed by atoms with van der Waals surface area (Å²) in [6.45, 7) is 14.5. The minimum absolute atomic E-state index is 0.0996. The van der Waals surface area contributed by atoms with Gasteiger partial charge in [-0.3, -0.25) is 4.79 Å². The average molecular weight is 445 g/mol. The van der Waals surface area contributed by atoms with Gasteiger partial charge in [0.15, 0.2) is 0 Å². The molecule has 31 heavy (non-hydrogen) atoms. The van der Waals surface area contributed by atoms with Crippen LogP contribution in [0, 0.1) is 0 Å². The van der Waals surface area contributed by atoms with Gasteiger partial charge in [-0.15, -0.1) is 0 Å². The predicted octanol–water partition coefficient (Wildman–Crippen LogP) is 7.78. The molecule has 0 atom stereocenters. The molecule has 1 N–H and O–H groups in total. The topological polar surface area (TPSA) is 59.7 Å². The van der Waals surface area contributed by atoms with Crippen LogP contribution in [0.1, 0.15) is 70.8 Å². The molecule has 2 aromatic rings. The van der Waals surface area contributed by atoms with Gasteiger partial charge in [0.05, 0.1) is 0 Å². The van der Waals surface area contributed by atoms with Crippen molar-refractivity contribution in [2.45, 2.75) is 73.3 Å². The van der Waals surface area contributed by atoms with Crippen LogP contribution in [0.5, 0.6) is 0 Å². The first-order valence-corrected chi connectivity index (χ1v) is 11.2. The lowest BCUT2D eigenvalue weighted by Crippen LogP contribution is -2.02. The molecule has 0 saturated heterocycles. The second kappa shape index (κ2) is 11.2. The highest BCUT2D eigenvalue weighted by Crippen LogP contribution is 2.34.